The molecule has 0 radical (unpaired) electrons. The monoisotopic (exact) mass is 245 g/mol. The first-order valence-electron chi connectivity index (χ1n) is 5.02. The van der Waals surface area contributed by atoms with Crippen LogP contribution >= 0.6 is 11.6 Å². The van der Waals surface area contributed by atoms with E-state index in [1.807, 2.05) is 30.3 Å². The number of nitrogens with zero attached hydrogens (tertiary/aromatic N) is 2. The molecule has 2 aromatic heterocycles. The summed E-state index contributed by atoms with van der Waals surface area (Å²) >= 11 is 6.11. The number of halogens is 1. The minimum Gasteiger partial charge on any atom is -0.368 e. The maximum atomic E-state index is 6.11. The normalized spacial score (nSPS) is 10.9. The first-order valence-corrected chi connectivity index (χ1v) is 5.40. The summed E-state index contributed by atoms with van der Waals surface area (Å²) in [6.07, 6.45) is 0. The Morgan fingerprint density at radius 2 is 2.00 bits per heavy atom. The number of fused-ring (bicyclic) bond motifs is 1. The fraction of sp³-hybridized carbons (Fsp3) is 0. The molecule has 2 heterocycles. The number of pyridine rings is 1. The van der Waals surface area contributed by atoms with E-state index in [0.29, 0.717) is 16.4 Å². The molecule has 0 aliphatic rings. The van der Waals surface area contributed by atoms with Gasteiger partial charge >= 0.3 is 0 Å². The van der Waals surface area contributed by atoms with Crippen LogP contribution in [0.15, 0.2) is 40.9 Å². The summed E-state index contributed by atoms with van der Waals surface area (Å²) in [5.74, 6) is 0.254. The van der Waals surface area contributed by atoms with E-state index in [1.54, 1.807) is 6.07 Å². The first-order chi connectivity index (χ1) is 8.24. The Morgan fingerprint density at radius 3 is 2.76 bits per heavy atom. The van der Waals surface area contributed by atoms with Gasteiger partial charge in [0.25, 0.3) is 0 Å². The molecule has 0 aliphatic heterocycles. The Bertz CT molecular complexity index is 693. The molecule has 0 saturated carbocycles. The van der Waals surface area contributed by atoms with Crippen molar-refractivity contribution in [2.24, 2.45) is 0 Å². The summed E-state index contributed by atoms with van der Waals surface area (Å²) < 4.78 is 4.83. The van der Waals surface area contributed by atoms with Crippen molar-refractivity contribution in [2.45, 2.75) is 0 Å². The van der Waals surface area contributed by atoms with Gasteiger partial charge in [-0.05, 0) is 12.1 Å². The number of hydrogen-bond acceptors (Lipinski definition) is 4. The number of anilines is 1. The lowest BCUT2D eigenvalue weighted by Gasteiger charge is -2.02. The first kappa shape index (κ1) is 10.1. The standard InChI is InChI=1S/C12H8ClN3O/c13-12-8(10-6-11(14)17-16-10)5-7-3-1-2-4-9(7)15-12/h1-6H,14H2. The van der Waals surface area contributed by atoms with E-state index in [-0.39, 0.29) is 5.88 Å². The third-order valence-corrected chi connectivity index (χ3v) is 2.77. The van der Waals surface area contributed by atoms with Crippen molar-refractivity contribution in [1.29, 1.82) is 0 Å². The Morgan fingerprint density at radius 1 is 1.18 bits per heavy atom. The highest BCUT2D eigenvalue weighted by Gasteiger charge is 2.11. The molecule has 0 fully saturated rings. The average Bonchev–Trinajstić information content (AvgIpc) is 2.75. The van der Waals surface area contributed by atoms with Crippen LogP contribution in [0.5, 0.6) is 0 Å². The van der Waals surface area contributed by atoms with Crippen LogP contribution in [0.3, 0.4) is 0 Å². The molecule has 0 spiro atoms. The molecular weight excluding hydrogens is 238 g/mol. The molecule has 0 unspecified atom stereocenters. The molecule has 17 heavy (non-hydrogen) atoms. The van der Waals surface area contributed by atoms with E-state index in [0.717, 1.165) is 10.9 Å². The summed E-state index contributed by atoms with van der Waals surface area (Å²) in [4.78, 5) is 4.30. The molecule has 3 rings (SSSR count). The molecule has 0 atom stereocenters. The molecule has 0 aliphatic carbocycles. The number of aromatic nitrogens is 2. The SMILES string of the molecule is Nc1cc(-c2cc3ccccc3nc2Cl)no1. The van der Waals surface area contributed by atoms with Gasteiger partial charge in [-0.1, -0.05) is 35.0 Å². The summed E-state index contributed by atoms with van der Waals surface area (Å²) in [5.41, 5.74) is 7.63. The second-order valence-electron chi connectivity index (χ2n) is 3.63. The van der Waals surface area contributed by atoms with Crippen molar-refractivity contribution in [3.8, 4) is 11.3 Å². The summed E-state index contributed by atoms with van der Waals surface area (Å²) in [6.45, 7) is 0. The highest BCUT2D eigenvalue weighted by atomic mass is 35.5. The van der Waals surface area contributed by atoms with Gasteiger partial charge < -0.3 is 10.3 Å². The van der Waals surface area contributed by atoms with Crippen molar-refractivity contribution in [3.63, 3.8) is 0 Å². The predicted molar refractivity (Wildman–Crippen MR) is 66.7 cm³/mol. The lowest BCUT2D eigenvalue weighted by molar-refractivity contribution is 0.439. The van der Waals surface area contributed by atoms with E-state index in [4.69, 9.17) is 21.9 Å². The van der Waals surface area contributed by atoms with Crippen LogP contribution in [-0.4, -0.2) is 10.1 Å². The van der Waals surface area contributed by atoms with Crippen molar-refractivity contribution >= 4 is 28.4 Å². The maximum Gasteiger partial charge on any atom is 0.222 e. The number of rotatable bonds is 1. The van der Waals surface area contributed by atoms with Crippen LogP contribution in [0.4, 0.5) is 5.88 Å². The Kier molecular flexibility index (Phi) is 2.23. The molecule has 1 aromatic carbocycles. The van der Waals surface area contributed by atoms with E-state index in [2.05, 4.69) is 10.1 Å². The van der Waals surface area contributed by atoms with Crippen LogP contribution in [0, 0.1) is 0 Å². The third kappa shape index (κ3) is 1.72. The molecule has 84 valence electrons. The second kappa shape index (κ2) is 3.75. The molecular formula is C12H8ClN3O. The van der Waals surface area contributed by atoms with Crippen molar-refractivity contribution in [2.75, 3.05) is 5.73 Å². The average molecular weight is 246 g/mol. The largest absolute Gasteiger partial charge is 0.368 e. The number of para-hydroxylation sites is 1. The second-order valence-corrected chi connectivity index (χ2v) is 3.99. The van der Waals surface area contributed by atoms with Gasteiger partial charge in [0.2, 0.25) is 5.88 Å². The van der Waals surface area contributed by atoms with Crippen molar-refractivity contribution in [3.05, 3.63) is 41.6 Å². The van der Waals surface area contributed by atoms with Crippen LogP contribution in [0.25, 0.3) is 22.2 Å². The fourth-order valence-electron chi connectivity index (χ4n) is 1.69. The molecule has 0 amide bonds. The zero-order chi connectivity index (χ0) is 11.8. The van der Waals surface area contributed by atoms with Gasteiger partial charge in [0.15, 0.2) is 0 Å². The van der Waals surface area contributed by atoms with Gasteiger partial charge in [-0.25, -0.2) is 4.98 Å². The number of nitrogen functional groups attached to an aromatic ring is 1. The third-order valence-electron chi connectivity index (χ3n) is 2.48. The highest BCUT2D eigenvalue weighted by molar-refractivity contribution is 6.32. The van der Waals surface area contributed by atoms with Crippen LogP contribution in [-0.2, 0) is 0 Å². The van der Waals surface area contributed by atoms with Gasteiger partial charge in [-0.2, -0.15) is 0 Å². The maximum absolute atomic E-state index is 6.11. The lowest BCUT2D eigenvalue weighted by atomic mass is 10.1. The van der Waals surface area contributed by atoms with E-state index in [9.17, 15) is 0 Å². The molecule has 4 nitrogen and oxygen atoms in total. The van der Waals surface area contributed by atoms with Crippen molar-refractivity contribution in [1.82, 2.24) is 10.1 Å². The van der Waals surface area contributed by atoms with Gasteiger partial charge in [0.05, 0.1) is 5.52 Å². The highest BCUT2D eigenvalue weighted by Crippen LogP contribution is 2.29. The van der Waals surface area contributed by atoms with Gasteiger partial charge in [0, 0.05) is 17.0 Å². The number of benzene rings is 1. The minimum atomic E-state index is 0.254. The molecule has 0 bridgehead atoms. The van der Waals surface area contributed by atoms with Crippen LogP contribution in [0.1, 0.15) is 0 Å². The predicted octanol–water partition coefficient (Wildman–Crippen LogP) is 3.13. The van der Waals surface area contributed by atoms with E-state index >= 15 is 0 Å². The molecule has 2 N–H and O–H groups in total. The summed E-state index contributed by atoms with van der Waals surface area (Å²) in [7, 11) is 0. The Balaban J connectivity index is 2.26. The molecule has 0 saturated heterocycles. The number of nitrogens with two attached hydrogens (primary N) is 1. The summed E-state index contributed by atoms with van der Waals surface area (Å²) in [5, 5.41) is 5.21. The summed E-state index contributed by atoms with van der Waals surface area (Å²) in [6, 6.07) is 11.3. The lowest BCUT2D eigenvalue weighted by Crippen LogP contribution is -1.85. The van der Waals surface area contributed by atoms with E-state index < -0.39 is 0 Å². The minimum absolute atomic E-state index is 0.254. The van der Waals surface area contributed by atoms with Gasteiger partial charge in [-0.3, -0.25) is 0 Å². The zero-order valence-corrected chi connectivity index (χ0v) is 9.48. The van der Waals surface area contributed by atoms with Gasteiger partial charge in [0.1, 0.15) is 10.8 Å². The fourth-order valence-corrected chi connectivity index (χ4v) is 1.93. The number of hydrogen-bond donors (Lipinski definition) is 1. The quantitative estimate of drug-likeness (QED) is 0.669. The Hall–Kier alpha value is -2.07. The van der Waals surface area contributed by atoms with Crippen molar-refractivity contribution < 1.29 is 4.52 Å². The zero-order valence-electron chi connectivity index (χ0n) is 8.72. The smallest absolute Gasteiger partial charge is 0.222 e. The van der Waals surface area contributed by atoms with Crippen LogP contribution in [0.2, 0.25) is 5.15 Å². The Labute approximate surface area is 102 Å². The topological polar surface area (TPSA) is 64.9 Å². The molecule has 3 aromatic rings. The van der Waals surface area contributed by atoms with Gasteiger partial charge in [-0.15, -0.1) is 0 Å². The molecule has 5 heteroatoms. The van der Waals surface area contributed by atoms with Crippen LogP contribution < -0.4 is 5.73 Å². The van der Waals surface area contributed by atoms with E-state index in [1.165, 1.54) is 0 Å².